The lowest BCUT2D eigenvalue weighted by atomic mass is 9.95. The van der Waals surface area contributed by atoms with Crippen LogP contribution in [0.15, 0.2) is 36.4 Å². The molecule has 2 aromatic rings. The summed E-state index contributed by atoms with van der Waals surface area (Å²) in [5, 5.41) is 0. The fraction of sp³-hybridized carbons (Fsp3) is 0.286. The van der Waals surface area contributed by atoms with Crippen LogP contribution in [-0.2, 0) is 22.5 Å². The van der Waals surface area contributed by atoms with Crippen molar-refractivity contribution < 1.29 is 28.6 Å². The van der Waals surface area contributed by atoms with Crippen molar-refractivity contribution >= 4 is 23.6 Å². The molecule has 0 aliphatic carbocycles. The molecule has 0 spiro atoms. The number of carbonyl (C=O) groups excluding carboxylic acids is 3. The number of carbonyl (C=O) groups is 3. The van der Waals surface area contributed by atoms with Gasteiger partial charge in [-0.2, -0.15) is 0 Å². The number of hydrogen-bond donors (Lipinski definition) is 0. The van der Waals surface area contributed by atoms with Crippen LogP contribution in [0.3, 0.4) is 0 Å². The number of imide groups is 1. The molecule has 1 saturated heterocycles. The van der Waals surface area contributed by atoms with E-state index >= 15 is 0 Å². The van der Waals surface area contributed by atoms with Gasteiger partial charge in [-0.1, -0.05) is 24.3 Å². The molecule has 8 heteroatoms. The zero-order valence-electron chi connectivity index (χ0n) is 16.3. The van der Waals surface area contributed by atoms with Crippen LogP contribution in [0.2, 0.25) is 0 Å². The second-order valence-corrected chi connectivity index (χ2v) is 6.79. The van der Waals surface area contributed by atoms with Crippen LogP contribution in [0.4, 0.5) is 10.5 Å². The largest absolute Gasteiger partial charge is 0.493 e. The number of amides is 3. The van der Waals surface area contributed by atoms with Crippen LogP contribution < -0.4 is 14.4 Å². The minimum atomic E-state index is -0.685. The lowest BCUT2D eigenvalue weighted by Gasteiger charge is -2.28. The van der Waals surface area contributed by atoms with Gasteiger partial charge in [0.2, 0.25) is 0 Å². The number of rotatable bonds is 4. The van der Waals surface area contributed by atoms with Gasteiger partial charge < -0.3 is 19.1 Å². The van der Waals surface area contributed by atoms with E-state index in [1.54, 1.807) is 0 Å². The summed E-state index contributed by atoms with van der Waals surface area (Å²) in [6, 6.07) is 9.49. The molecule has 3 amide bonds. The molecule has 0 saturated carbocycles. The molecule has 0 radical (unpaired) electrons. The van der Waals surface area contributed by atoms with Gasteiger partial charge in [0.25, 0.3) is 5.91 Å². The van der Waals surface area contributed by atoms with Crippen LogP contribution in [-0.4, -0.2) is 50.2 Å². The molecular formula is C21H20N2O6. The van der Waals surface area contributed by atoms with Gasteiger partial charge in [-0.05, 0) is 11.1 Å². The number of ether oxygens (including phenoxy) is 3. The molecule has 1 atom stereocenters. The fourth-order valence-electron chi connectivity index (χ4n) is 3.86. The third kappa shape index (κ3) is 2.88. The lowest BCUT2D eigenvalue weighted by Crippen LogP contribution is -2.39. The molecule has 150 valence electrons. The Hall–Kier alpha value is -3.55. The SMILES string of the molecule is COC(=O)c1cc(OC)c(OC)cc1N1C(=O)C2Cc3ccccc3CN2C1=O. The Morgan fingerprint density at radius 1 is 1.00 bits per heavy atom. The highest BCUT2D eigenvalue weighted by Gasteiger charge is 2.49. The van der Waals surface area contributed by atoms with Gasteiger partial charge in [0.1, 0.15) is 6.04 Å². The van der Waals surface area contributed by atoms with E-state index in [9.17, 15) is 14.4 Å². The first-order chi connectivity index (χ1) is 14.0. The van der Waals surface area contributed by atoms with Crippen molar-refractivity contribution in [2.75, 3.05) is 26.2 Å². The number of benzene rings is 2. The number of anilines is 1. The van der Waals surface area contributed by atoms with Gasteiger partial charge in [0, 0.05) is 25.1 Å². The predicted molar refractivity (Wildman–Crippen MR) is 103 cm³/mol. The van der Waals surface area contributed by atoms with E-state index in [1.165, 1.54) is 38.4 Å². The van der Waals surface area contributed by atoms with Gasteiger partial charge in [0.15, 0.2) is 11.5 Å². The molecule has 1 unspecified atom stereocenters. The molecular weight excluding hydrogens is 376 g/mol. The predicted octanol–water partition coefficient (Wildman–Crippen LogP) is 2.38. The highest BCUT2D eigenvalue weighted by molar-refractivity contribution is 6.23. The standard InChI is InChI=1S/C21H20N2O6/c1-27-17-9-14(20(25)29-3)15(10-18(17)28-2)23-19(24)16-8-12-6-4-5-7-13(12)11-22(16)21(23)26/h4-7,9-10,16H,8,11H2,1-3H3. The lowest BCUT2D eigenvalue weighted by molar-refractivity contribution is -0.120. The van der Waals surface area contributed by atoms with Crippen LogP contribution in [0.25, 0.3) is 0 Å². The maximum absolute atomic E-state index is 13.2. The highest BCUT2D eigenvalue weighted by Crippen LogP contribution is 2.39. The quantitative estimate of drug-likeness (QED) is 0.583. The minimum Gasteiger partial charge on any atom is -0.493 e. The normalized spacial score (nSPS) is 17.7. The summed E-state index contributed by atoms with van der Waals surface area (Å²) in [7, 11) is 4.10. The molecule has 4 rings (SSSR count). The fourth-order valence-corrected chi connectivity index (χ4v) is 3.86. The highest BCUT2D eigenvalue weighted by atomic mass is 16.5. The smallest absolute Gasteiger partial charge is 0.340 e. The van der Waals surface area contributed by atoms with Crippen molar-refractivity contribution in [2.24, 2.45) is 0 Å². The first-order valence-corrected chi connectivity index (χ1v) is 9.05. The number of urea groups is 1. The Morgan fingerprint density at radius 3 is 2.31 bits per heavy atom. The molecule has 0 bridgehead atoms. The number of methoxy groups -OCH3 is 3. The van der Waals surface area contributed by atoms with Crippen LogP contribution in [0.5, 0.6) is 11.5 Å². The summed E-state index contributed by atoms with van der Waals surface area (Å²) in [4.78, 5) is 41.3. The molecule has 2 aromatic carbocycles. The second kappa shape index (κ2) is 7.12. The minimum absolute atomic E-state index is 0.0456. The van der Waals surface area contributed by atoms with Crippen molar-refractivity contribution in [2.45, 2.75) is 19.0 Å². The van der Waals surface area contributed by atoms with E-state index in [0.29, 0.717) is 24.5 Å². The van der Waals surface area contributed by atoms with Gasteiger partial charge >= 0.3 is 12.0 Å². The van der Waals surface area contributed by atoms with Crippen LogP contribution in [0, 0.1) is 0 Å². The van der Waals surface area contributed by atoms with E-state index < -0.39 is 18.0 Å². The Kier molecular flexibility index (Phi) is 4.62. The number of fused-ring (bicyclic) bond motifs is 2. The molecule has 8 nitrogen and oxygen atoms in total. The van der Waals surface area contributed by atoms with Crippen molar-refractivity contribution in [3.63, 3.8) is 0 Å². The Bertz CT molecular complexity index is 975. The van der Waals surface area contributed by atoms with Crippen molar-refractivity contribution in [1.29, 1.82) is 0 Å². The molecule has 2 aliphatic heterocycles. The van der Waals surface area contributed by atoms with Gasteiger partial charge in [-0.25, -0.2) is 14.5 Å². The first kappa shape index (κ1) is 18.8. The second-order valence-electron chi connectivity index (χ2n) is 6.79. The number of hydrogen-bond acceptors (Lipinski definition) is 6. The molecule has 2 heterocycles. The third-order valence-corrected chi connectivity index (χ3v) is 5.34. The summed E-state index contributed by atoms with van der Waals surface area (Å²) in [5.41, 5.74) is 2.21. The zero-order chi connectivity index (χ0) is 20.7. The maximum atomic E-state index is 13.2. The molecule has 1 fully saturated rings. The summed E-state index contributed by atoms with van der Waals surface area (Å²) >= 11 is 0. The van der Waals surface area contributed by atoms with E-state index in [0.717, 1.165) is 16.0 Å². The van der Waals surface area contributed by atoms with E-state index in [2.05, 4.69) is 0 Å². The summed E-state index contributed by atoms with van der Waals surface area (Å²) in [6.07, 6.45) is 0.429. The van der Waals surface area contributed by atoms with E-state index in [4.69, 9.17) is 14.2 Å². The van der Waals surface area contributed by atoms with Crippen molar-refractivity contribution in [3.05, 3.63) is 53.1 Å². The van der Waals surface area contributed by atoms with Crippen molar-refractivity contribution in [1.82, 2.24) is 4.90 Å². The molecule has 0 N–H and O–H groups in total. The Morgan fingerprint density at radius 2 is 1.66 bits per heavy atom. The molecule has 2 aliphatic rings. The van der Waals surface area contributed by atoms with Crippen LogP contribution >= 0.6 is 0 Å². The topological polar surface area (TPSA) is 85.4 Å². The summed E-state index contributed by atoms with van der Waals surface area (Å²) in [5.74, 6) is -0.485. The number of esters is 1. The average molecular weight is 396 g/mol. The zero-order valence-corrected chi connectivity index (χ0v) is 16.3. The van der Waals surface area contributed by atoms with E-state index in [-0.39, 0.29) is 17.2 Å². The first-order valence-electron chi connectivity index (χ1n) is 9.05. The van der Waals surface area contributed by atoms with E-state index in [1.807, 2.05) is 24.3 Å². The average Bonchev–Trinajstić information content (AvgIpc) is 3.00. The maximum Gasteiger partial charge on any atom is 0.340 e. The van der Waals surface area contributed by atoms with Crippen molar-refractivity contribution in [3.8, 4) is 11.5 Å². The molecule has 0 aromatic heterocycles. The third-order valence-electron chi connectivity index (χ3n) is 5.34. The Labute approximate surface area is 167 Å². The monoisotopic (exact) mass is 396 g/mol. The van der Waals surface area contributed by atoms with Gasteiger partial charge in [-0.15, -0.1) is 0 Å². The number of nitrogens with zero attached hydrogens (tertiary/aromatic N) is 2. The van der Waals surface area contributed by atoms with Crippen LogP contribution in [0.1, 0.15) is 21.5 Å². The summed E-state index contributed by atoms with van der Waals surface area (Å²) in [6.45, 7) is 0.336. The Balaban J connectivity index is 1.80. The summed E-state index contributed by atoms with van der Waals surface area (Å²) < 4.78 is 15.4. The van der Waals surface area contributed by atoms with Gasteiger partial charge in [-0.3, -0.25) is 4.79 Å². The molecule has 29 heavy (non-hydrogen) atoms. The van der Waals surface area contributed by atoms with Gasteiger partial charge in [0.05, 0.1) is 32.6 Å².